The maximum atomic E-state index is 12.2. The lowest BCUT2D eigenvalue weighted by Crippen LogP contribution is -2.57. The van der Waals surface area contributed by atoms with Crippen LogP contribution in [0.25, 0.3) is 5.57 Å². The Hall–Kier alpha value is -2.71. The number of esters is 1. The molecule has 0 amide bonds. The molecule has 3 aliphatic rings. The van der Waals surface area contributed by atoms with E-state index in [1.165, 1.54) is 5.57 Å². The van der Waals surface area contributed by atoms with Gasteiger partial charge in [-0.3, -0.25) is 0 Å². The Kier molecular flexibility index (Phi) is 10.8. The summed E-state index contributed by atoms with van der Waals surface area (Å²) < 4.78 is 18.4. The first kappa shape index (κ1) is 33.2. The molecule has 2 saturated heterocycles. The Labute approximate surface area is 256 Å². The van der Waals surface area contributed by atoms with Crippen LogP contribution < -0.4 is 0 Å². The SMILES string of the molecule is C/C(=C\C[C@@H]1C[C@H](O)C[C@]2(C[C@H](O)[C@H](C)[C@@H](/C(C)=C/C(C)C)O2)O1)C[C@@H](C)/C=C/C=C1\COC(=O)c2cc(C)c(O)cc21. The number of carbonyl (C=O) groups excluding carboxylic acids is 1. The summed E-state index contributed by atoms with van der Waals surface area (Å²) in [6.07, 6.45) is 11.6. The molecule has 2 fully saturated rings. The number of phenolic OH excluding ortho intramolecular Hbond substituents is 1. The zero-order chi connectivity index (χ0) is 31.5. The highest BCUT2D eigenvalue weighted by atomic mass is 16.7. The van der Waals surface area contributed by atoms with Crippen LogP contribution in [0.2, 0.25) is 0 Å². The normalized spacial score (nSPS) is 32.0. The van der Waals surface area contributed by atoms with Crippen LogP contribution >= 0.6 is 0 Å². The van der Waals surface area contributed by atoms with Crippen molar-refractivity contribution in [1.82, 2.24) is 0 Å². The van der Waals surface area contributed by atoms with Gasteiger partial charge in [0.05, 0.1) is 30.0 Å². The molecule has 3 aliphatic heterocycles. The molecule has 43 heavy (non-hydrogen) atoms. The standard InChI is InChI=1S/C36H50O7/c1-21(2)13-25(6)34-26(7)33(39)19-36(43-34)18-28(37)16-29(42-36)12-11-23(4)14-22(3)9-8-10-27-20-41-35(40)31-15-24(5)32(38)17-30(27)31/h8-11,13,15,17,21-22,26,28-29,33-34,37-39H,12,14,16,18-20H2,1-7H3/b9-8+,23-11+,25-13+,27-10+/t22-,26-,28-,29+,33-,34+,36-/m0/s1. The molecule has 236 valence electrons. The molecule has 3 heterocycles. The zero-order valence-electron chi connectivity index (χ0n) is 26.8. The van der Waals surface area contributed by atoms with Crippen LogP contribution in [0.5, 0.6) is 5.75 Å². The number of aromatic hydroxyl groups is 1. The highest BCUT2D eigenvalue weighted by molar-refractivity contribution is 5.99. The van der Waals surface area contributed by atoms with Crippen molar-refractivity contribution < 1.29 is 34.3 Å². The number of cyclic esters (lactones) is 1. The first-order valence-corrected chi connectivity index (χ1v) is 15.7. The topological polar surface area (TPSA) is 105 Å². The van der Waals surface area contributed by atoms with Crippen molar-refractivity contribution >= 4 is 11.5 Å². The Morgan fingerprint density at radius 3 is 2.58 bits per heavy atom. The Morgan fingerprint density at radius 2 is 1.86 bits per heavy atom. The summed E-state index contributed by atoms with van der Waals surface area (Å²) in [7, 11) is 0. The number of rotatable bonds is 8. The second kappa shape index (κ2) is 13.9. The van der Waals surface area contributed by atoms with E-state index in [0.29, 0.717) is 48.3 Å². The number of fused-ring (bicyclic) bond motifs is 1. The molecule has 0 unspecified atom stereocenters. The first-order valence-electron chi connectivity index (χ1n) is 15.7. The number of aliphatic hydroxyl groups is 2. The van der Waals surface area contributed by atoms with E-state index in [2.05, 4.69) is 52.8 Å². The summed E-state index contributed by atoms with van der Waals surface area (Å²) in [5.74, 6) is -0.597. The molecular weight excluding hydrogens is 544 g/mol. The molecule has 7 heteroatoms. The number of ether oxygens (including phenoxy) is 3. The molecule has 1 aromatic rings. The third-order valence-electron chi connectivity index (χ3n) is 8.83. The molecular formula is C36H50O7. The molecule has 0 bridgehead atoms. The van der Waals surface area contributed by atoms with E-state index in [1.54, 1.807) is 19.1 Å². The van der Waals surface area contributed by atoms with Gasteiger partial charge < -0.3 is 29.5 Å². The summed E-state index contributed by atoms with van der Waals surface area (Å²) in [5, 5.41) is 31.9. The fourth-order valence-electron chi connectivity index (χ4n) is 6.64. The zero-order valence-corrected chi connectivity index (χ0v) is 26.8. The van der Waals surface area contributed by atoms with Gasteiger partial charge in [0.25, 0.3) is 0 Å². The second-order valence-electron chi connectivity index (χ2n) is 13.4. The first-order chi connectivity index (χ1) is 20.3. The summed E-state index contributed by atoms with van der Waals surface area (Å²) in [6, 6.07) is 3.31. The number of hydrogen-bond donors (Lipinski definition) is 3. The summed E-state index contributed by atoms with van der Waals surface area (Å²) in [6.45, 7) is 14.5. The fraction of sp³-hybridized carbons (Fsp3) is 0.583. The van der Waals surface area contributed by atoms with Gasteiger partial charge in [-0.2, -0.15) is 0 Å². The maximum Gasteiger partial charge on any atom is 0.339 e. The van der Waals surface area contributed by atoms with Crippen LogP contribution in [0, 0.1) is 24.7 Å². The molecule has 7 atom stereocenters. The Bertz CT molecular complexity index is 1290. The van der Waals surface area contributed by atoms with Crippen molar-refractivity contribution in [2.45, 2.75) is 111 Å². The highest BCUT2D eigenvalue weighted by Crippen LogP contribution is 2.44. The number of phenols is 1. The van der Waals surface area contributed by atoms with E-state index < -0.39 is 18.0 Å². The fourth-order valence-corrected chi connectivity index (χ4v) is 6.64. The molecule has 0 saturated carbocycles. The number of allylic oxidation sites excluding steroid dienone is 5. The molecule has 0 aliphatic carbocycles. The van der Waals surface area contributed by atoms with E-state index >= 15 is 0 Å². The highest BCUT2D eigenvalue weighted by Gasteiger charge is 2.50. The minimum Gasteiger partial charge on any atom is -0.508 e. The predicted molar refractivity (Wildman–Crippen MR) is 168 cm³/mol. The van der Waals surface area contributed by atoms with E-state index in [4.69, 9.17) is 14.2 Å². The quantitative estimate of drug-likeness (QED) is 0.225. The van der Waals surface area contributed by atoms with E-state index in [9.17, 15) is 20.1 Å². The van der Waals surface area contributed by atoms with Gasteiger partial charge in [-0.1, -0.05) is 63.6 Å². The molecule has 1 aromatic carbocycles. The van der Waals surface area contributed by atoms with Gasteiger partial charge in [0.15, 0.2) is 5.79 Å². The monoisotopic (exact) mass is 594 g/mol. The molecule has 7 nitrogen and oxygen atoms in total. The van der Waals surface area contributed by atoms with Gasteiger partial charge in [-0.05, 0) is 79.9 Å². The van der Waals surface area contributed by atoms with Crippen LogP contribution in [0.4, 0.5) is 0 Å². The van der Waals surface area contributed by atoms with Crippen molar-refractivity contribution in [2.24, 2.45) is 17.8 Å². The molecule has 0 aromatic heterocycles. The minimum atomic E-state index is -0.988. The minimum absolute atomic E-state index is 0.0479. The third-order valence-corrected chi connectivity index (χ3v) is 8.83. The van der Waals surface area contributed by atoms with Gasteiger partial charge >= 0.3 is 5.97 Å². The van der Waals surface area contributed by atoms with Crippen molar-refractivity contribution in [3.63, 3.8) is 0 Å². The van der Waals surface area contributed by atoms with Crippen molar-refractivity contribution in [3.05, 3.63) is 70.3 Å². The predicted octanol–water partition coefficient (Wildman–Crippen LogP) is 6.80. The lowest BCUT2D eigenvalue weighted by atomic mass is 9.81. The molecule has 0 radical (unpaired) electrons. The average molecular weight is 595 g/mol. The molecule has 1 spiro atoms. The summed E-state index contributed by atoms with van der Waals surface area (Å²) in [4.78, 5) is 12.2. The maximum absolute atomic E-state index is 12.2. The number of hydrogen-bond acceptors (Lipinski definition) is 7. The van der Waals surface area contributed by atoms with Gasteiger partial charge in [-0.25, -0.2) is 4.79 Å². The van der Waals surface area contributed by atoms with Crippen molar-refractivity contribution in [2.75, 3.05) is 6.61 Å². The largest absolute Gasteiger partial charge is 0.508 e. The number of aryl methyl sites for hydroxylation is 1. The molecule has 3 N–H and O–H groups in total. The van der Waals surface area contributed by atoms with Gasteiger partial charge in [0.1, 0.15) is 12.4 Å². The van der Waals surface area contributed by atoms with E-state index in [1.807, 2.05) is 19.1 Å². The van der Waals surface area contributed by atoms with Crippen molar-refractivity contribution in [3.8, 4) is 5.75 Å². The Balaban J connectivity index is 1.37. The smallest absolute Gasteiger partial charge is 0.339 e. The van der Waals surface area contributed by atoms with E-state index in [-0.39, 0.29) is 42.4 Å². The van der Waals surface area contributed by atoms with Gasteiger partial charge in [0, 0.05) is 25.2 Å². The molecule has 4 rings (SSSR count). The lowest BCUT2D eigenvalue weighted by Gasteiger charge is -2.51. The van der Waals surface area contributed by atoms with Crippen molar-refractivity contribution in [1.29, 1.82) is 0 Å². The van der Waals surface area contributed by atoms with Gasteiger partial charge in [0.2, 0.25) is 0 Å². The lowest BCUT2D eigenvalue weighted by molar-refractivity contribution is -0.342. The number of benzene rings is 1. The third kappa shape index (κ3) is 8.27. The second-order valence-corrected chi connectivity index (χ2v) is 13.4. The Morgan fingerprint density at radius 1 is 1.12 bits per heavy atom. The average Bonchev–Trinajstić information content (AvgIpc) is 2.91. The van der Waals surface area contributed by atoms with Crippen LogP contribution in [-0.4, -0.2) is 58.1 Å². The van der Waals surface area contributed by atoms with Crippen LogP contribution in [0.3, 0.4) is 0 Å². The summed E-state index contributed by atoms with van der Waals surface area (Å²) in [5.41, 5.74) is 5.00. The number of carbonyl (C=O) groups is 1. The van der Waals surface area contributed by atoms with Crippen LogP contribution in [0.15, 0.2) is 53.7 Å². The van der Waals surface area contributed by atoms with Gasteiger partial charge in [-0.15, -0.1) is 0 Å². The van der Waals surface area contributed by atoms with Crippen LogP contribution in [-0.2, 0) is 14.2 Å². The summed E-state index contributed by atoms with van der Waals surface area (Å²) >= 11 is 0. The number of aliphatic hydroxyl groups excluding tert-OH is 2. The van der Waals surface area contributed by atoms with E-state index in [0.717, 1.165) is 17.6 Å². The van der Waals surface area contributed by atoms with Crippen LogP contribution in [0.1, 0.15) is 95.1 Å².